The Balaban J connectivity index is 0.000000344. The van der Waals surface area contributed by atoms with Crippen molar-refractivity contribution in [2.45, 2.75) is 355 Å². The van der Waals surface area contributed by atoms with Crippen molar-refractivity contribution in [1.29, 1.82) is 0 Å². The lowest BCUT2D eigenvalue weighted by molar-refractivity contribution is -0.368. The Hall–Kier alpha value is -7.94. The number of unbranched alkanes of at least 4 members (excludes halogenated alkanes) is 17. The molecule has 6 N–H and O–H groups in total. The Kier molecular flexibility index (Phi) is 71.4. The van der Waals surface area contributed by atoms with E-state index in [-0.39, 0.29) is 113 Å². The molecule has 0 spiro atoms. The predicted molar refractivity (Wildman–Crippen MR) is 591 cm³/mol. The maximum absolute atomic E-state index is 13.5. The first-order chi connectivity index (χ1) is 72.4. The zero-order valence-electron chi connectivity index (χ0n) is 94.0. The highest BCUT2D eigenvalue weighted by atomic mass is 79.9. The summed E-state index contributed by atoms with van der Waals surface area (Å²) in [5.41, 5.74) is 17.4. The van der Waals surface area contributed by atoms with Crippen LogP contribution in [0.4, 0.5) is 11.4 Å². The second-order valence-corrected chi connectivity index (χ2v) is 49.0. The summed E-state index contributed by atoms with van der Waals surface area (Å²) >= 11 is 0. The van der Waals surface area contributed by atoms with Crippen molar-refractivity contribution in [3.63, 3.8) is 0 Å². The highest BCUT2D eigenvalue weighted by molar-refractivity contribution is 6.71. The molecule has 4 aliphatic heterocycles. The smallest absolute Gasteiger partial charge is 0.227 e. The van der Waals surface area contributed by atoms with Gasteiger partial charge in [-0.05, 0) is 153 Å². The van der Waals surface area contributed by atoms with E-state index in [0.29, 0.717) is 191 Å². The molecule has 10 rings (SSSR count). The van der Waals surface area contributed by atoms with E-state index >= 15 is 0 Å². The van der Waals surface area contributed by atoms with Crippen LogP contribution in [-0.4, -0.2) is 246 Å². The standard InChI is InChI=1S/C32H70O2Si2.2C30H40N4O6.C14H27N5O2.C7H13N3O2.BrH/c1-11-13-15-17-19-21-23-25-27-29-35(7,8)33-31(3,4)32(5,6)34-36(9,10)30-28-26-24-22-20-18-16-14-12-2;2*1-2-37-16-17-39-20-21-40-19-18-38-15-7-9-24(35)13-14-28(36)34-22-23-8-3-4-10-25(23)29-30(32-33-31-29)26-11-5-6-12-27(26)34;1-2-13(5-3-4-6-15)14(20)16-8-11-21-12-10-19-9-7-17-18-19;1-11-6-7-12-5-4-10-3-2-8-9-10;/h11-30H2,1-10H3;2*3-6,8,10-12,29-30H,2,7,9,13-22H2,1H3,(H,31,32);7,9,13H,2-6,8,10-12,15H2,1H3,(H,16,20);2-3H,4-7H2,1H3;1H. The van der Waals surface area contributed by atoms with E-state index in [0.717, 1.165) is 83.5 Å². The Morgan fingerprint density at radius 3 is 1.14 bits per heavy atom. The quantitative estimate of drug-likeness (QED) is 0.0203. The van der Waals surface area contributed by atoms with Crippen molar-refractivity contribution >= 4 is 57.3 Å². The van der Waals surface area contributed by atoms with Gasteiger partial charge >= 0.3 is 0 Å². The Bertz CT molecular complexity index is 4330. The first-order valence-corrected chi connectivity index (χ1v) is 62.3. The van der Waals surface area contributed by atoms with Crippen molar-refractivity contribution in [3.8, 4) is 0 Å². The van der Waals surface area contributed by atoms with Gasteiger partial charge < -0.3 is 98.8 Å². The summed E-state index contributed by atoms with van der Waals surface area (Å²) in [5.74, 6) is 0.228. The molecule has 5 atom stereocenters. The van der Waals surface area contributed by atoms with Crippen LogP contribution in [0.3, 0.4) is 0 Å². The van der Waals surface area contributed by atoms with Gasteiger partial charge in [-0.3, -0.25) is 44.2 Å². The summed E-state index contributed by atoms with van der Waals surface area (Å²) in [6.45, 7) is 44.8. The zero-order valence-corrected chi connectivity index (χ0v) is 97.5. The largest absolute Gasteiger partial charge is 1.00 e. The van der Waals surface area contributed by atoms with Crippen LogP contribution < -0.4 is 48.7 Å². The fourth-order valence-electron chi connectivity index (χ4n) is 18.1. The number of fused-ring (bicyclic) bond motifs is 10. The molecule has 3 amide bonds. The number of Topliss-reactive ketones (excluding diaryl/α,β-unsaturated/α-hetero) is 2. The summed E-state index contributed by atoms with van der Waals surface area (Å²) in [7, 11) is -1.80. The number of halogens is 1. The zero-order chi connectivity index (χ0) is 108. The van der Waals surface area contributed by atoms with Gasteiger partial charge in [0.2, 0.25) is 17.7 Å². The number of nitrogens with zero attached hydrogens (tertiary/aromatic N) is 12. The molecule has 34 nitrogen and oxygen atoms in total. The summed E-state index contributed by atoms with van der Waals surface area (Å²) in [6.07, 6.45) is 38.7. The number of ketones is 2. The number of nitrogens with one attached hydrogen (secondary N) is 3. The van der Waals surface area contributed by atoms with Crippen LogP contribution in [-0.2, 0) is 111 Å². The van der Waals surface area contributed by atoms with Crippen LogP contribution in [0.15, 0.2) is 143 Å². The van der Waals surface area contributed by atoms with Crippen LogP contribution in [0.5, 0.6) is 0 Å². The lowest BCUT2D eigenvalue weighted by atomic mass is 9.88. The number of carbonyl (C=O) groups is 5. The van der Waals surface area contributed by atoms with E-state index < -0.39 is 16.6 Å². The molecule has 37 heteroatoms. The SMILES string of the molecule is CCC(CCCC[NH3+])C(=O)NCCOCCn1ccnn1.CCCCCCCCCCC[Si](C)(C)OC(C)(C)C(C)(C)O[Si](C)(C)CCCCCCCCCCC.CCOCCOCCOCCOCCCC(=O)CCC(=O)N1Cc2ccccc2C2NN=NC2c2ccccc21.CCOCCOCCOCCOCCCC(=O)CCC(=O)N1Cc2ccccc2C2NN=NC2c2ccccc21.COCCOCCn1ccnn1.[Br-]. The number of aromatic nitrogens is 6. The molecule has 150 heavy (non-hydrogen) atoms. The van der Waals surface area contributed by atoms with Crippen LogP contribution in [0.25, 0.3) is 0 Å². The number of quaternary nitrogens is 1. The molecule has 0 saturated carbocycles. The third-order valence-corrected chi connectivity index (χ3v) is 32.2. The van der Waals surface area contributed by atoms with E-state index in [4.69, 9.17) is 61.0 Å². The molecular weight excluding hydrogens is 2010 g/mol. The highest BCUT2D eigenvalue weighted by Crippen LogP contribution is 2.47. The maximum Gasteiger partial charge on any atom is 0.227 e. The van der Waals surface area contributed by atoms with Gasteiger partial charge in [-0.15, -0.1) is 10.2 Å². The van der Waals surface area contributed by atoms with E-state index in [1.807, 2.05) is 98.8 Å². The summed E-state index contributed by atoms with van der Waals surface area (Å²) < 4.78 is 76.0. The number of methoxy groups -OCH3 is 1. The average Bonchev–Trinajstić information content (AvgIpc) is 1.55. The topological polar surface area (TPSA) is 386 Å². The first-order valence-electron chi connectivity index (χ1n) is 56.1. The molecule has 4 aliphatic rings. The summed E-state index contributed by atoms with van der Waals surface area (Å²) in [4.78, 5) is 67.6. The number of benzene rings is 4. The predicted octanol–water partition coefficient (Wildman–Crippen LogP) is 17.8. The van der Waals surface area contributed by atoms with Crippen molar-refractivity contribution in [1.82, 2.24) is 46.2 Å². The fourth-order valence-corrected chi connectivity index (χ4v) is 23.8. The van der Waals surface area contributed by atoms with Crippen LogP contribution in [0.1, 0.15) is 312 Å². The monoisotopic (exact) mass is 2200 g/mol. The van der Waals surface area contributed by atoms with Gasteiger partial charge in [-0.25, -0.2) is 0 Å². The van der Waals surface area contributed by atoms with Gasteiger partial charge in [0, 0.05) is 119 Å². The average molecular weight is 2200 g/mol. The minimum Gasteiger partial charge on any atom is -1.00 e. The third-order valence-electron chi connectivity index (χ3n) is 26.9. The molecule has 0 bridgehead atoms. The van der Waals surface area contributed by atoms with Crippen molar-refractivity contribution in [3.05, 3.63) is 155 Å². The fraction of sp³-hybridized carbons (Fsp3) is 0.708. The summed E-state index contributed by atoms with van der Waals surface area (Å²) in [6, 6.07) is 33.7. The van der Waals surface area contributed by atoms with Crippen molar-refractivity contribution < 1.29 is 108 Å². The van der Waals surface area contributed by atoms with Crippen molar-refractivity contribution in [2.24, 2.45) is 26.6 Å². The lowest BCUT2D eigenvalue weighted by Gasteiger charge is -2.49. The van der Waals surface area contributed by atoms with E-state index in [9.17, 15) is 24.0 Å². The number of ether oxygens (including phenoxy) is 11. The Morgan fingerprint density at radius 1 is 0.413 bits per heavy atom. The normalized spacial score (nSPS) is 15.1. The van der Waals surface area contributed by atoms with Crippen LogP contribution in [0.2, 0.25) is 38.3 Å². The first kappa shape index (κ1) is 133. The third kappa shape index (κ3) is 54.9. The molecule has 0 fully saturated rings. The molecule has 0 radical (unpaired) electrons. The number of amides is 3. The van der Waals surface area contributed by atoms with Gasteiger partial charge in [0.1, 0.15) is 23.7 Å². The van der Waals surface area contributed by atoms with Gasteiger partial charge in [0.25, 0.3) is 0 Å². The number of hydrogen-bond donors (Lipinski definition) is 4. The van der Waals surface area contributed by atoms with Gasteiger partial charge in [-0.2, -0.15) is 10.2 Å². The van der Waals surface area contributed by atoms with Gasteiger partial charge in [0.05, 0.1) is 181 Å². The number of hydrogen-bond acceptors (Lipinski definition) is 28. The molecule has 6 heterocycles. The van der Waals surface area contributed by atoms with Crippen LogP contribution >= 0.6 is 0 Å². The molecule has 2 aromatic heterocycles. The van der Waals surface area contributed by atoms with E-state index in [1.165, 1.54) is 128 Å². The molecule has 5 unspecified atom stereocenters. The molecule has 0 saturated heterocycles. The molecule has 6 aromatic rings. The Labute approximate surface area is 910 Å². The Morgan fingerprint density at radius 2 is 0.767 bits per heavy atom. The van der Waals surface area contributed by atoms with E-state index in [2.05, 4.69) is 150 Å². The minimum atomic E-state index is -1.73. The second kappa shape index (κ2) is 80.8. The second-order valence-electron chi connectivity index (χ2n) is 40.6. The lowest BCUT2D eigenvalue weighted by Crippen LogP contribution is -3.00. The van der Waals surface area contributed by atoms with Gasteiger partial charge in [0.15, 0.2) is 16.6 Å². The molecule has 846 valence electrons. The molecule has 4 aromatic carbocycles. The maximum atomic E-state index is 13.5. The van der Waals surface area contributed by atoms with Crippen LogP contribution in [0, 0.1) is 5.92 Å². The minimum absolute atomic E-state index is 0. The number of carbonyl (C=O) groups excluding carboxylic acids is 5. The molecular formula is C113H191BrN16O18Si2. The van der Waals surface area contributed by atoms with Crippen molar-refractivity contribution in [2.75, 3.05) is 169 Å². The number of anilines is 2. The highest BCUT2D eigenvalue weighted by Gasteiger charge is 2.47. The summed E-state index contributed by atoms with van der Waals surface area (Å²) in [5, 5.41) is 35.1. The van der Waals surface area contributed by atoms with Gasteiger partial charge in [-0.1, -0.05) is 242 Å². The van der Waals surface area contributed by atoms with E-state index in [1.54, 1.807) is 51.1 Å². The number of para-hydroxylation sites is 2. The molecule has 0 aliphatic carbocycles. The number of rotatable bonds is 77.